The normalized spacial score (nSPS) is 11.7. The molecule has 0 amide bonds. The summed E-state index contributed by atoms with van der Waals surface area (Å²) in [6, 6.07) is 16.3. The van der Waals surface area contributed by atoms with Gasteiger partial charge in [-0.15, -0.1) is 12.4 Å². The molecular formula is C14H15BrClN. The minimum Gasteiger partial charge on any atom is -0.320 e. The summed E-state index contributed by atoms with van der Waals surface area (Å²) >= 11 is 3.46. The van der Waals surface area contributed by atoms with E-state index in [2.05, 4.69) is 47.1 Å². The van der Waals surface area contributed by atoms with Crippen LogP contribution in [0.2, 0.25) is 0 Å². The van der Waals surface area contributed by atoms with Crippen LogP contribution in [0.1, 0.15) is 22.7 Å². The third kappa shape index (κ3) is 3.32. The van der Waals surface area contributed by atoms with Crippen LogP contribution in [0.5, 0.6) is 0 Å². The second-order valence-electron chi connectivity index (χ2n) is 3.89. The van der Waals surface area contributed by atoms with Crippen LogP contribution < -0.4 is 5.73 Å². The first-order valence-corrected chi connectivity index (χ1v) is 6.04. The molecular weight excluding hydrogens is 298 g/mol. The topological polar surface area (TPSA) is 26.0 Å². The molecule has 1 atom stereocenters. The smallest absolute Gasteiger partial charge is 0.0554 e. The molecule has 2 rings (SSSR count). The maximum atomic E-state index is 6.25. The van der Waals surface area contributed by atoms with Crippen molar-refractivity contribution in [2.24, 2.45) is 5.73 Å². The van der Waals surface area contributed by atoms with Crippen molar-refractivity contribution in [1.82, 2.24) is 0 Å². The fourth-order valence-corrected chi connectivity index (χ4v) is 2.30. The molecule has 0 radical (unpaired) electrons. The Morgan fingerprint density at radius 1 is 1.06 bits per heavy atom. The van der Waals surface area contributed by atoms with Crippen molar-refractivity contribution in [1.29, 1.82) is 0 Å². The van der Waals surface area contributed by atoms with Gasteiger partial charge in [-0.3, -0.25) is 0 Å². The molecule has 0 saturated carbocycles. The van der Waals surface area contributed by atoms with E-state index in [1.807, 2.05) is 24.3 Å². The van der Waals surface area contributed by atoms with E-state index >= 15 is 0 Å². The number of nitrogens with two attached hydrogens (primary N) is 1. The summed E-state index contributed by atoms with van der Waals surface area (Å²) in [6.07, 6.45) is 0. The van der Waals surface area contributed by atoms with Gasteiger partial charge in [0, 0.05) is 4.47 Å². The Morgan fingerprint density at radius 3 is 2.29 bits per heavy atom. The Balaban J connectivity index is 0.00000144. The van der Waals surface area contributed by atoms with Gasteiger partial charge in [0.2, 0.25) is 0 Å². The molecule has 0 spiro atoms. The van der Waals surface area contributed by atoms with Gasteiger partial charge in [0.05, 0.1) is 6.04 Å². The van der Waals surface area contributed by atoms with Crippen LogP contribution in [0.25, 0.3) is 0 Å². The van der Waals surface area contributed by atoms with Gasteiger partial charge in [-0.05, 0) is 35.7 Å². The molecule has 0 bridgehead atoms. The molecule has 2 N–H and O–H groups in total. The van der Waals surface area contributed by atoms with Crippen molar-refractivity contribution in [3.63, 3.8) is 0 Å². The Labute approximate surface area is 117 Å². The highest BCUT2D eigenvalue weighted by molar-refractivity contribution is 9.10. The van der Waals surface area contributed by atoms with Gasteiger partial charge in [-0.25, -0.2) is 0 Å². The summed E-state index contributed by atoms with van der Waals surface area (Å²) in [5.74, 6) is 0. The largest absolute Gasteiger partial charge is 0.320 e. The van der Waals surface area contributed by atoms with Gasteiger partial charge in [-0.2, -0.15) is 0 Å². The van der Waals surface area contributed by atoms with Crippen LogP contribution >= 0.6 is 28.3 Å². The first kappa shape index (κ1) is 14.2. The predicted octanol–water partition coefficient (Wildman–Crippen LogP) is 4.23. The molecule has 90 valence electrons. The summed E-state index contributed by atoms with van der Waals surface area (Å²) in [6.45, 7) is 2.09. The Morgan fingerprint density at radius 2 is 1.71 bits per heavy atom. The Kier molecular flexibility index (Phi) is 5.19. The van der Waals surface area contributed by atoms with Crippen molar-refractivity contribution in [2.45, 2.75) is 13.0 Å². The number of hydrogen-bond acceptors (Lipinski definition) is 1. The molecule has 0 aliphatic heterocycles. The number of aryl methyl sites for hydroxylation is 1. The van der Waals surface area contributed by atoms with Crippen molar-refractivity contribution < 1.29 is 0 Å². The molecule has 2 aromatic carbocycles. The quantitative estimate of drug-likeness (QED) is 0.882. The highest BCUT2D eigenvalue weighted by atomic mass is 79.9. The van der Waals surface area contributed by atoms with Gasteiger partial charge in [0.25, 0.3) is 0 Å². The van der Waals surface area contributed by atoms with Gasteiger partial charge >= 0.3 is 0 Å². The average molecular weight is 313 g/mol. The van der Waals surface area contributed by atoms with E-state index < -0.39 is 0 Å². The number of benzene rings is 2. The highest BCUT2D eigenvalue weighted by Gasteiger charge is 2.10. The minimum atomic E-state index is -0.0469. The summed E-state index contributed by atoms with van der Waals surface area (Å²) in [7, 11) is 0. The maximum Gasteiger partial charge on any atom is 0.0554 e. The van der Waals surface area contributed by atoms with Gasteiger partial charge in [0.1, 0.15) is 0 Å². The van der Waals surface area contributed by atoms with Crippen molar-refractivity contribution in [2.75, 3.05) is 0 Å². The third-order valence-electron chi connectivity index (χ3n) is 2.73. The minimum absolute atomic E-state index is 0. The van der Waals surface area contributed by atoms with Gasteiger partial charge < -0.3 is 5.73 Å². The molecule has 0 saturated heterocycles. The van der Waals surface area contributed by atoms with Crippen molar-refractivity contribution in [3.8, 4) is 0 Å². The molecule has 0 aliphatic rings. The standard InChI is InChI=1S/C14H14BrN.ClH/c1-10-9-12(15)7-8-13(10)14(16)11-5-3-2-4-6-11;/h2-9,14H,16H2,1H3;1H. The van der Waals surface area contributed by atoms with Crippen LogP contribution in [-0.2, 0) is 0 Å². The zero-order valence-electron chi connectivity index (χ0n) is 9.56. The maximum absolute atomic E-state index is 6.25. The number of halogens is 2. The lowest BCUT2D eigenvalue weighted by atomic mass is 9.96. The zero-order valence-corrected chi connectivity index (χ0v) is 12.0. The number of hydrogen-bond donors (Lipinski definition) is 1. The molecule has 1 nitrogen and oxygen atoms in total. The average Bonchev–Trinajstić information content (AvgIpc) is 2.29. The molecule has 17 heavy (non-hydrogen) atoms. The fraction of sp³-hybridized carbons (Fsp3) is 0.143. The van der Waals surface area contributed by atoms with Gasteiger partial charge in [0.15, 0.2) is 0 Å². The van der Waals surface area contributed by atoms with E-state index in [1.165, 1.54) is 11.1 Å². The summed E-state index contributed by atoms with van der Waals surface area (Å²) in [4.78, 5) is 0. The summed E-state index contributed by atoms with van der Waals surface area (Å²) < 4.78 is 1.09. The third-order valence-corrected chi connectivity index (χ3v) is 3.22. The van der Waals surface area contributed by atoms with Crippen LogP contribution in [0.15, 0.2) is 53.0 Å². The SMILES string of the molecule is Cc1cc(Br)ccc1C(N)c1ccccc1.Cl. The van der Waals surface area contributed by atoms with Crippen molar-refractivity contribution >= 4 is 28.3 Å². The summed E-state index contributed by atoms with van der Waals surface area (Å²) in [5.41, 5.74) is 9.79. The monoisotopic (exact) mass is 311 g/mol. The predicted molar refractivity (Wildman–Crippen MR) is 78.6 cm³/mol. The molecule has 1 unspecified atom stereocenters. The first-order chi connectivity index (χ1) is 7.68. The molecule has 0 aliphatic carbocycles. The molecule has 0 fully saturated rings. The van der Waals surface area contributed by atoms with Crippen molar-refractivity contribution in [3.05, 3.63) is 69.7 Å². The van der Waals surface area contributed by atoms with Gasteiger partial charge in [-0.1, -0.05) is 52.3 Å². The van der Waals surface area contributed by atoms with Crippen LogP contribution in [0, 0.1) is 6.92 Å². The first-order valence-electron chi connectivity index (χ1n) is 5.25. The molecule has 0 aromatic heterocycles. The van der Waals surface area contributed by atoms with Crippen LogP contribution in [0.4, 0.5) is 0 Å². The lowest BCUT2D eigenvalue weighted by Crippen LogP contribution is -2.12. The van der Waals surface area contributed by atoms with Crippen LogP contribution in [-0.4, -0.2) is 0 Å². The zero-order chi connectivity index (χ0) is 11.5. The summed E-state index contributed by atoms with van der Waals surface area (Å²) in [5, 5.41) is 0. The second-order valence-corrected chi connectivity index (χ2v) is 4.80. The molecule has 2 aromatic rings. The van der Waals surface area contributed by atoms with E-state index in [4.69, 9.17) is 5.73 Å². The highest BCUT2D eigenvalue weighted by Crippen LogP contribution is 2.24. The Bertz CT molecular complexity index is 485. The Hall–Kier alpha value is -0.830. The lowest BCUT2D eigenvalue weighted by molar-refractivity contribution is 0.861. The molecule has 3 heteroatoms. The van der Waals surface area contributed by atoms with Crippen LogP contribution in [0.3, 0.4) is 0 Å². The molecule has 0 heterocycles. The number of rotatable bonds is 2. The van der Waals surface area contributed by atoms with E-state index in [9.17, 15) is 0 Å². The van der Waals surface area contributed by atoms with E-state index in [0.29, 0.717) is 0 Å². The van der Waals surface area contributed by atoms with E-state index in [0.717, 1.165) is 10.0 Å². The fourth-order valence-electron chi connectivity index (χ4n) is 1.83. The lowest BCUT2D eigenvalue weighted by Gasteiger charge is -2.15. The second kappa shape index (κ2) is 6.20. The van der Waals surface area contributed by atoms with E-state index in [-0.39, 0.29) is 18.4 Å². The van der Waals surface area contributed by atoms with E-state index in [1.54, 1.807) is 0 Å².